The third kappa shape index (κ3) is 4.93. The monoisotopic (exact) mass is 295 g/mol. The minimum absolute atomic E-state index is 0.444. The summed E-state index contributed by atoms with van der Waals surface area (Å²) in [5, 5.41) is 13.1. The topological polar surface area (TPSA) is 71.1 Å². The quantitative estimate of drug-likeness (QED) is 0.669. The molecule has 3 N–H and O–H groups in total. The normalized spacial score (nSPS) is 10.6. The van der Waals surface area contributed by atoms with Crippen molar-refractivity contribution in [1.82, 2.24) is 0 Å². The minimum Gasteiger partial charge on any atom is -0.492 e. The van der Waals surface area contributed by atoms with Gasteiger partial charge in [-0.05, 0) is 12.3 Å². The molecule has 1 heterocycles. The fourth-order valence-electron chi connectivity index (χ4n) is 2.06. The summed E-state index contributed by atoms with van der Waals surface area (Å²) in [6.45, 7) is 5.42. The van der Waals surface area contributed by atoms with Gasteiger partial charge in [0, 0.05) is 6.54 Å². The number of hydrogen-bond acceptors (Lipinski definition) is 5. The summed E-state index contributed by atoms with van der Waals surface area (Å²) in [7, 11) is 1.58. The van der Waals surface area contributed by atoms with Gasteiger partial charge in [0.25, 0.3) is 0 Å². The Hall–Kier alpha value is -1.41. The Morgan fingerprint density at radius 1 is 1.30 bits per heavy atom. The predicted molar refractivity (Wildman–Crippen MR) is 86.4 cm³/mol. The van der Waals surface area contributed by atoms with E-state index in [4.69, 9.17) is 15.7 Å². The molecule has 5 heteroatoms. The van der Waals surface area contributed by atoms with Crippen molar-refractivity contribution in [2.75, 3.05) is 24.7 Å². The third-order valence-electron chi connectivity index (χ3n) is 3.20. The molecule has 0 radical (unpaired) electrons. The van der Waals surface area contributed by atoms with Gasteiger partial charge >= 0.3 is 0 Å². The zero-order valence-electron chi connectivity index (χ0n) is 12.7. The summed E-state index contributed by atoms with van der Waals surface area (Å²) < 4.78 is 5.25. The molecule has 0 spiro atoms. The molecule has 0 saturated carbocycles. The zero-order valence-corrected chi connectivity index (χ0v) is 13.5. The molecule has 0 bridgehead atoms. The number of methoxy groups -OCH3 is 1. The maximum Gasteiger partial charge on any atom is 0.177 e. The molecule has 0 aliphatic heterocycles. The van der Waals surface area contributed by atoms with Crippen molar-refractivity contribution in [2.45, 2.75) is 46.0 Å². The Labute approximate surface area is 125 Å². The van der Waals surface area contributed by atoms with Crippen molar-refractivity contribution in [2.24, 2.45) is 5.92 Å². The van der Waals surface area contributed by atoms with Crippen LogP contribution < -0.4 is 15.8 Å². The molecule has 0 atom stereocenters. The minimum atomic E-state index is 0.444. The van der Waals surface area contributed by atoms with Crippen molar-refractivity contribution in [3.63, 3.8) is 0 Å². The van der Waals surface area contributed by atoms with E-state index in [2.05, 4.69) is 25.2 Å². The Morgan fingerprint density at radius 2 is 2.00 bits per heavy atom. The highest BCUT2D eigenvalue weighted by Crippen LogP contribution is 2.41. The lowest BCUT2D eigenvalue weighted by Gasteiger charge is -2.07. The van der Waals surface area contributed by atoms with E-state index in [1.165, 1.54) is 37.0 Å². The van der Waals surface area contributed by atoms with Crippen LogP contribution in [-0.2, 0) is 0 Å². The van der Waals surface area contributed by atoms with Gasteiger partial charge in [-0.25, -0.2) is 0 Å². The van der Waals surface area contributed by atoms with E-state index in [0.29, 0.717) is 16.3 Å². The molecule has 0 fully saturated rings. The lowest BCUT2D eigenvalue weighted by Crippen LogP contribution is -2.01. The van der Waals surface area contributed by atoms with Crippen LogP contribution in [0.15, 0.2) is 0 Å². The molecule has 0 aromatic carbocycles. The highest BCUT2D eigenvalue weighted by molar-refractivity contribution is 7.17. The number of nitrogens with one attached hydrogen (secondary N) is 1. The average molecular weight is 295 g/mol. The highest BCUT2D eigenvalue weighted by Gasteiger charge is 2.15. The maximum absolute atomic E-state index is 8.96. The van der Waals surface area contributed by atoms with E-state index in [1.807, 2.05) is 0 Å². The van der Waals surface area contributed by atoms with Crippen LogP contribution in [0.4, 0.5) is 10.7 Å². The van der Waals surface area contributed by atoms with Crippen LogP contribution in [0, 0.1) is 17.2 Å². The molecule has 0 aliphatic rings. The largest absolute Gasteiger partial charge is 0.492 e. The van der Waals surface area contributed by atoms with Gasteiger partial charge < -0.3 is 15.8 Å². The third-order valence-corrected chi connectivity index (χ3v) is 4.25. The Bertz CT molecular complexity index is 449. The first kappa shape index (κ1) is 16.6. The Morgan fingerprint density at radius 3 is 2.60 bits per heavy atom. The number of nitriles is 1. The van der Waals surface area contributed by atoms with Crippen LogP contribution >= 0.6 is 11.3 Å². The number of rotatable bonds is 9. The van der Waals surface area contributed by atoms with Gasteiger partial charge in [-0.3, -0.25) is 0 Å². The first-order valence-corrected chi connectivity index (χ1v) is 8.02. The number of nitrogen functional groups attached to an aromatic ring is 1. The van der Waals surface area contributed by atoms with Gasteiger partial charge in [0.15, 0.2) is 5.75 Å². The van der Waals surface area contributed by atoms with Crippen LogP contribution in [0.2, 0.25) is 0 Å². The van der Waals surface area contributed by atoms with Crippen LogP contribution in [0.25, 0.3) is 0 Å². The summed E-state index contributed by atoms with van der Waals surface area (Å²) in [5.41, 5.74) is 6.29. The van der Waals surface area contributed by atoms with E-state index < -0.39 is 0 Å². The van der Waals surface area contributed by atoms with E-state index >= 15 is 0 Å². The lowest BCUT2D eigenvalue weighted by molar-refractivity contribution is 0.420. The molecule has 1 aromatic heterocycles. The summed E-state index contributed by atoms with van der Waals surface area (Å²) in [6, 6.07) is 2.09. The van der Waals surface area contributed by atoms with Crippen molar-refractivity contribution < 1.29 is 4.74 Å². The van der Waals surface area contributed by atoms with Crippen molar-refractivity contribution in [1.29, 1.82) is 5.26 Å². The van der Waals surface area contributed by atoms with Gasteiger partial charge in [0.2, 0.25) is 0 Å². The molecule has 112 valence electrons. The van der Waals surface area contributed by atoms with E-state index in [-0.39, 0.29) is 0 Å². The molecule has 20 heavy (non-hydrogen) atoms. The van der Waals surface area contributed by atoms with E-state index in [1.54, 1.807) is 7.11 Å². The van der Waals surface area contributed by atoms with Gasteiger partial charge in [-0.2, -0.15) is 5.26 Å². The fraction of sp³-hybridized carbons (Fsp3) is 0.667. The SMILES string of the molecule is COc1c(NCCCCCCC(C)C)sc(C#N)c1N. The molecule has 0 amide bonds. The van der Waals surface area contributed by atoms with Crippen LogP contribution in [0.3, 0.4) is 0 Å². The number of unbranched alkanes of at least 4 members (excludes halogenated alkanes) is 3. The van der Waals surface area contributed by atoms with Crippen molar-refractivity contribution in [3.8, 4) is 11.8 Å². The molecule has 0 saturated heterocycles. The number of thiophene rings is 1. The summed E-state index contributed by atoms with van der Waals surface area (Å²) in [6.07, 6.45) is 6.27. The second kappa shape index (κ2) is 8.70. The maximum atomic E-state index is 8.96. The molecule has 0 unspecified atom stereocenters. The summed E-state index contributed by atoms with van der Waals surface area (Å²) in [5.74, 6) is 1.40. The van der Waals surface area contributed by atoms with Crippen LogP contribution in [0.5, 0.6) is 5.75 Å². The molecule has 1 aromatic rings. The number of nitrogens with zero attached hydrogens (tertiary/aromatic N) is 1. The Balaban J connectivity index is 2.30. The first-order valence-electron chi connectivity index (χ1n) is 7.20. The molecule has 1 rings (SSSR count). The number of hydrogen-bond donors (Lipinski definition) is 2. The number of anilines is 2. The summed E-state index contributed by atoms with van der Waals surface area (Å²) in [4.78, 5) is 0.515. The van der Waals surface area contributed by atoms with E-state index in [9.17, 15) is 0 Å². The second-order valence-corrected chi connectivity index (χ2v) is 6.36. The van der Waals surface area contributed by atoms with Crippen molar-refractivity contribution >= 4 is 22.0 Å². The number of ether oxygens (including phenoxy) is 1. The van der Waals surface area contributed by atoms with Gasteiger partial charge in [-0.15, -0.1) is 11.3 Å². The van der Waals surface area contributed by atoms with Gasteiger partial charge in [-0.1, -0.05) is 39.5 Å². The molecular weight excluding hydrogens is 270 g/mol. The molecule has 4 nitrogen and oxygen atoms in total. The van der Waals surface area contributed by atoms with E-state index in [0.717, 1.165) is 23.9 Å². The Kier molecular flexibility index (Phi) is 7.24. The predicted octanol–water partition coefficient (Wildman–Crippen LogP) is 4.23. The van der Waals surface area contributed by atoms with Gasteiger partial charge in [0.1, 0.15) is 21.6 Å². The van der Waals surface area contributed by atoms with Crippen molar-refractivity contribution in [3.05, 3.63) is 4.88 Å². The fourth-order valence-corrected chi connectivity index (χ4v) is 2.98. The molecular formula is C15H25N3OS. The smallest absolute Gasteiger partial charge is 0.177 e. The average Bonchev–Trinajstić information content (AvgIpc) is 2.73. The van der Waals surface area contributed by atoms with Gasteiger partial charge in [0.05, 0.1) is 7.11 Å². The molecule has 0 aliphatic carbocycles. The zero-order chi connectivity index (χ0) is 15.0. The highest BCUT2D eigenvalue weighted by atomic mass is 32.1. The lowest BCUT2D eigenvalue weighted by atomic mass is 10.0. The van der Waals surface area contributed by atoms with Crippen LogP contribution in [0.1, 0.15) is 50.8 Å². The summed E-state index contributed by atoms with van der Waals surface area (Å²) >= 11 is 1.36. The van der Waals surface area contributed by atoms with Crippen LogP contribution in [-0.4, -0.2) is 13.7 Å². The standard InChI is InChI=1S/C15H25N3OS/c1-11(2)8-6-4-5-7-9-18-15-14(19-3)13(17)12(10-16)20-15/h11,18H,4-9,17H2,1-3H3. The first-order chi connectivity index (χ1) is 9.60. The number of nitrogens with two attached hydrogens (primary N) is 1. The second-order valence-electron chi connectivity index (χ2n) is 5.34.